The van der Waals surface area contributed by atoms with E-state index in [1.165, 1.54) is 24.9 Å². The summed E-state index contributed by atoms with van der Waals surface area (Å²) in [5.41, 5.74) is 0. The van der Waals surface area contributed by atoms with E-state index in [-0.39, 0.29) is 11.2 Å². The van der Waals surface area contributed by atoms with Crippen LogP contribution in [0.1, 0.15) is 6.92 Å². The lowest BCUT2D eigenvalue weighted by Crippen LogP contribution is -2.63. The lowest BCUT2D eigenvalue weighted by atomic mass is 10.1. The first-order valence-electron chi connectivity index (χ1n) is 7.54. The van der Waals surface area contributed by atoms with Crippen LogP contribution in [0.5, 0.6) is 0 Å². The van der Waals surface area contributed by atoms with Gasteiger partial charge in [-0.05, 0) is 19.1 Å². The molecule has 114 valence electrons. The molecule has 3 fully saturated rings. The number of amides is 1. The molecule has 2 bridgehead atoms. The molecule has 0 radical (unpaired) electrons. The molecular formula is C15H22N4OS. The van der Waals surface area contributed by atoms with Crippen LogP contribution in [0.4, 0.5) is 0 Å². The van der Waals surface area contributed by atoms with Crippen LogP contribution in [0.3, 0.4) is 0 Å². The first-order chi connectivity index (χ1) is 10.2. The number of fused-ring (bicyclic) bond motifs is 3. The Kier molecular flexibility index (Phi) is 4.77. The Labute approximate surface area is 130 Å². The van der Waals surface area contributed by atoms with Gasteiger partial charge in [0.05, 0.1) is 10.3 Å². The number of nitrogens with zero attached hydrogens (tertiary/aromatic N) is 3. The van der Waals surface area contributed by atoms with Crippen LogP contribution >= 0.6 is 11.8 Å². The standard InChI is InChI=1S/C15H22N4OS/c1-12(21-14-4-2-3-5-16-14)15(20)17-10-13-11-18-6-8-19(13)9-7-18/h2-5,12-13H,6-11H2,1H3,(H,17,20)/t12-,13+/m0/s1. The minimum Gasteiger partial charge on any atom is -0.354 e. The highest BCUT2D eigenvalue weighted by atomic mass is 32.2. The van der Waals surface area contributed by atoms with Gasteiger partial charge in [0.1, 0.15) is 0 Å². The van der Waals surface area contributed by atoms with E-state index in [2.05, 4.69) is 20.1 Å². The second-order valence-electron chi connectivity index (χ2n) is 5.66. The van der Waals surface area contributed by atoms with Crippen molar-refractivity contribution in [3.63, 3.8) is 0 Å². The quantitative estimate of drug-likeness (QED) is 0.811. The third-order valence-electron chi connectivity index (χ3n) is 4.21. The van der Waals surface area contributed by atoms with E-state index in [4.69, 9.17) is 0 Å². The zero-order valence-corrected chi connectivity index (χ0v) is 13.2. The van der Waals surface area contributed by atoms with E-state index >= 15 is 0 Å². The van der Waals surface area contributed by atoms with Gasteiger partial charge in [-0.1, -0.05) is 17.8 Å². The van der Waals surface area contributed by atoms with Crippen molar-refractivity contribution >= 4 is 17.7 Å². The van der Waals surface area contributed by atoms with E-state index < -0.39 is 0 Å². The summed E-state index contributed by atoms with van der Waals surface area (Å²) in [6, 6.07) is 6.24. The third-order valence-corrected chi connectivity index (χ3v) is 5.26. The number of rotatable bonds is 5. The molecule has 4 heterocycles. The maximum Gasteiger partial charge on any atom is 0.233 e. The normalized spacial score (nSPS) is 29.1. The Balaban J connectivity index is 1.45. The topological polar surface area (TPSA) is 48.5 Å². The lowest BCUT2D eigenvalue weighted by molar-refractivity contribution is -0.120. The number of aromatic nitrogens is 1. The Morgan fingerprint density at radius 3 is 2.86 bits per heavy atom. The van der Waals surface area contributed by atoms with Crippen molar-refractivity contribution in [1.29, 1.82) is 0 Å². The predicted molar refractivity (Wildman–Crippen MR) is 84.4 cm³/mol. The molecule has 0 aliphatic carbocycles. The van der Waals surface area contributed by atoms with Crippen LogP contribution in [0.15, 0.2) is 29.4 Å². The van der Waals surface area contributed by atoms with E-state index in [9.17, 15) is 4.79 Å². The molecule has 3 aliphatic rings. The Morgan fingerprint density at radius 1 is 1.43 bits per heavy atom. The van der Waals surface area contributed by atoms with Crippen molar-refractivity contribution in [2.75, 3.05) is 39.3 Å². The van der Waals surface area contributed by atoms with Crippen LogP contribution in [0, 0.1) is 0 Å². The smallest absolute Gasteiger partial charge is 0.233 e. The largest absolute Gasteiger partial charge is 0.354 e. The zero-order valence-electron chi connectivity index (χ0n) is 12.4. The maximum atomic E-state index is 12.2. The second kappa shape index (κ2) is 6.77. The fourth-order valence-corrected chi connectivity index (χ4v) is 3.76. The first-order valence-corrected chi connectivity index (χ1v) is 8.42. The number of carbonyl (C=O) groups excluding carboxylic acids is 1. The van der Waals surface area contributed by atoms with Crippen LogP contribution in [0.25, 0.3) is 0 Å². The monoisotopic (exact) mass is 306 g/mol. The van der Waals surface area contributed by atoms with E-state index in [0.717, 1.165) is 31.2 Å². The van der Waals surface area contributed by atoms with Crippen LogP contribution < -0.4 is 5.32 Å². The number of thioether (sulfide) groups is 1. The lowest BCUT2D eigenvalue weighted by Gasteiger charge is -2.47. The van der Waals surface area contributed by atoms with Gasteiger partial charge < -0.3 is 5.32 Å². The summed E-state index contributed by atoms with van der Waals surface area (Å²) >= 11 is 1.51. The summed E-state index contributed by atoms with van der Waals surface area (Å²) in [5.74, 6) is 0.100. The summed E-state index contributed by atoms with van der Waals surface area (Å²) in [5, 5.41) is 3.88. The Hall–Kier alpha value is -1.11. The van der Waals surface area contributed by atoms with Crippen molar-refractivity contribution in [1.82, 2.24) is 20.1 Å². The Morgan fingerprint density at radius 2 is 2.24 bits per heavy atom. The van der Waals surface area contributed by atoms with Crippen LogP contribution in [-0.2, 0) is 4.79 Å². The van der Waals surface area contributed by atoms with Gasteiger partial charge in [-0.3, -0.25) is 14.6 Å². The molecule has 1 amide bonds. The Bertz CT molecular complexity index is 476. The average Bonchev–Trinajstić information content (AvgIpc) is 2.54. The third kappa shape index (κ3) is 3.75. The van der Waals surface area contributed by atoms with Crippen molar-refractivity contribution in [2.45, 2.75) is 23.2 Å². The van der Waals surface area contributed by atoms with Gasteiger partial charge in [-0.15, -0.1) is 0 Å². The van der Waals surface area contributed by atoms with Gasteiger partial charge in [0.15, 0.2) is 0 Å². The van der Waals surface area contributed by atoms with Gasteiger partial charge >= 0.3 is 0 Å². The van der Waals surface area contributed by atoms with Crippen molar-refractivity contribution in [3.05, 3.63) is 24.4 Å². The minimum absolute atomic E-state index is 0.100. The molecule has 0 saturated carbocycles. The van der Waals surface area contributed by atoms with Gasteiger partial charge in [0, 0.05) is 51.5 Å². The molecule has 0 aromatic carbocycles. The second-order valence-corrected chi connectivity index (χ2v) is 7.02. The maximum absolute atomic E-state index is 12.2. The van der Waals surface area contributed by atoms with Crippen molar-refractivity contribution < 1.29 is 4.79 Å². The minimum atomic E-state index is -0.115. The zero-order chi connectivity index (χ0) is 14.7. The van der Waals surface area contributed by atoms with Gasteiger partial charge in [-0.25, -0.2) is 4.98 Å². The summed E-state index contributed by atoms with van der Waals surface area (Å²) in [6.07, 6.45) is 1.76. The number of piperazine rings is 3. The molecular weight excluding hydrogens is 284 g/mol. The van der Waals surface area contributed by atoms with E-state index in [0.29, 0.717) is 6.04 Å². The highest BCUT2D eigenvalue weighted by Gasteiger charge is 2.32. The summed E-state index contributed by atoms with van der Waals surface area (Å²) < 4.78 is 0. The van der Waals surface area contributed by atoms with Crippen molar-refractivity contribution in [2.24, 2.45) is 0 Å². The SMILES string of the molecule is C[C@H](Sc1ccccn1)C(=O)NC[C@@H]1CN2CCN1CC2. The van der Waals surface area contributed by atoms with Crippen LogP contribution in [0.2, 0.25) is 0 Å². The molecule has 2 atom stereocenters. The highest BCUT2D eigenvalue weighted by Crippen LogP contribution is 2.20. The van der Waals surface area contributed by atoms with Gasteiger partial charge in [0.2, 0.25) is 5.91 Å². The summed E-state index contributed by atoms with van der Waals surface area (Å²) in [6.45, 7) is 8.40. The molecule has 6 heteroatoms. The number of hydrogen-bond donors (Lipinski definition) is 1. The molecule has 1 aromatic rings. The van der Waals surface area contributed by atoms with E-state index in [1.807, 2.05) is 25.1 Å². The number of hydrogen-bond acceptors (Lipinski definition) is 5. The van der Waals surface area contributed by atoms with Crippen molar-refractivity contribution in [3.8, 4) is 0 Å². The number of carbonyl (C=O) groups is 1. The highest BCUT2D eigenvalue weighted by molar-refractivity contribution is 8.00. The molecule has 3 saturated heterocycles. The molecule has 0 spiro atoms. The fraction of sp³-hybridized carbons (Fsp3) is 0.600. The number of nitrogens with one attached hydrogen (secondary N) is 1. The van der Waals surface area contributed by atoms with Gasteiger partial charge in [-0.2, -0.15) is 0 Å². The summed E-state index contributed by atoms with van der Waals surface area (Å²) in [4.78, 5) is 21.4. The molecule has 3 aliphatic heterocycles. The fourth-order valence-electron chi connectivity index (χ4n) is 2.93. The van der Waals surface area contributed by atoms with Crippen LogP contribution in [-0.4, -0.2) is 71.3 Å². The molecule has 4 rings (SSSR count). The molecule has 0 unspecified atom stereocenters. The molecule has 1 aromatic heterocycles. The average molecular weight is 306 g/mol. The van der Waals surface area contributed by atoms with Gasteiger partial charge in [0.25, 0.3) is 0 Å². The molecule has 5 nitrogen and oxygen atoms in total. The molecule has 1 N–H and O–H groups in total. The first kappa shape index (κ1) is 14.8. The van der Waals surface area contributed by atoms with E-state index in [1.54, 1.807) is 6.20 Å². The number of pyridine rings is 1. The molecule has 21 heavy (non-hydrogen) atoms. The predicted octanol–water partition coefficient (Wildman–Crippen LogP) is 0.678. The summed E-state index contributed by atoms with van der Waals surface area (Å²) in [7, 11) is 0.